The van der Waals surface area contributed by atoms with Gasteiger partial charge in [-0.3, -0.25) is 9.69 Å². The number of aliphatic hydroxyl groups excluding tert-OH is 2. The Labute approximate surface area is 153 Å². The molecule has 0 fully saturated rings. The Morgan fingerprint density at radius 3 is 2.42 bits per heavy atom. The zero-order chi connectivity index (χ0) is 19.7. The van der Waals surface area contributed by atoms with Crippen molar-refractivity contribution >= 4 is 5.97 Å². The third-order valence-corrected chi connectivity index (χ3v) is 4.73. The summed E-state index contributed by atoms with van der Waals surface area (Å²) >= 11 is 0. The Kier molecular flexibility index (Phi) is 9.36. The summed E-state index contributed by atoms with van der Waals surface area (Å²) in [7, 11) is 0. The summed E-state index contributed by atoms with van der Waals surface area (Å²) in [6, 6.07) is 3.26. The Morgan fingerprint density at radius 2 is 1.88 bits per heavy atom. The van der Waals surface area contributed by atoms with Crippen LogP contribution >= 0.6 is 0 Å². The number of carboxylic acid groups (broad SMARTS) is 1. The standard InChI is InChI=1S/C18H30N2O6/c1-12(14-6-4-7-16(23)18(14)26)20(9-17(24)25)15(11-22)13(10-21)5-2-3-8-19/h4,6-7,12-13,15,21-23,26H,2-3,5,8-11,19H2,1H3,(H,24,25). The third-order valence-electron chi connectivity index (χ3n) is 4.73. The average Bonchev–Trinajstić information content (AvgIpc) is 2.61. The van der Waals surface area contributed by atoms with Crippen molar-refractivity contribution < 1.29 is 30.3 Å². The van der Waals surface area contributed by atoms with Gasteiger partial charge in [-0.15, -0.1) is 0 Å². The number of hydrogen-bond acceptors (Lipinski definition) is 7. The topological polar surface area (TPSA) is 147 Å². The summed E-state index contributed by atoms with van der Waals surface area (Å²) in [5.74, 6) is -2.05. The van der Waals surface area contributed by atoms with Gasteiger partial charge in [-0.1, -0.05) is 18.6 Å². The molecule has 0 aliphatic heterocycles. The van der Waals surface area contributed by atoms with Crippen LogP contribution in [0, 0.1) is 5.92 Å². The van der Waals surface area contributed by atoms with Crippen LogP contribution in [0.1, 0.15) is 37.8 Å². The predicted molar refractivity (Wildman–Crippen MR) is 96.9 cm³/mol. The van der Waals surface area contributed by atoms with Crippen molar-refractivity contribution in [1.82, 2.24) is 4.90 Å². The van der Waals surface area contributed by atoms with Crippen LogP contribution in [0.3, 0.4) is 0 Å². The number of unbranched alkanes of at least 4 members (excludes halogenated alkanes) is 1. The van der Waals surface area contributed by atoms with Gasteiger partial charge in [0, 0.05) is 24.3 Å². The summed E-state index contributed by atoms with van der Waals surface area (Å²) in [6.07, 6.45) is 2.12. The van der Waals surface area contributed by atoms with Gasteiger partial charge < -0.3 is 31.3 Å². The molecule has 1 aromatic rings. The van der Waals surface area contributed by atoms with E-state index in [2.05, 4.69) is 0 Å². The van der Waals surface area contributed by atoms with E-state index < -0.39 is 18.1 Å². The molecule has 0 bridgehead atoms. The number of para-hydroxylation sites is 1. The minimum Gasteiger partial charge on any atom is -0.504 e. The number of nitrogens with two attached hydrogens (primary N) is 1. The van der Waals surface area contributed by atoms with Crippen LogP contribution < -0.4 is 5.73 Å². The molecule has 0 aliphatic carbocycles. The van der Waals surface area contributed by atoms with Gasteiger partial charge >= 0.3 is 5.97 Å². The van der Waals surface area contributed by atoms with Gasteiger partial charge in [0.05, 0.1) is 13.2 Å². The molecule has 3 unspecified atom stereocenters. The number of rotatable bonds is 12. The van der Waals surface area contributed by atoms with Crippen molar-refractivity contribution in [1.29, 1.82) is 0 Å². The molecular weight excluding hydrogens is 340 g/mol. The molecule has 1 aromatic carbocycles. The molecule has 0 radical (unpaired) electrons. The number of hydrogen-bond donors (Lipinski definition) is 6. The Morgan fingerprint density at radius 1 is 1.19 bits per heavy atom. The molecule has 8 nitrogen and oxygen atoms in total. The first kappa shape index (κ1) is 22.2. The highest BCUT2D eigenvalue weighted by Gasteiger charge is 2.33. The fourth-order valence-electron chi connectivity index (χ4n) is 3.24. The maximum atomic E-state index is 11.4. The first-order valence-corrected chi connectivity index (χ1v) is 8.77. The lowest BCUT2D eigenvalue weighted by Gasteiger charge is -2.38. The second-order valence-corrected chi connectivity index (χ2v) is 6.43. The van der Waals surface area contributed by atoms with Crippen molar-refractivity contribution in [3.8, 4) is 11.5 Å². The van der Waals surface area contributed by atoms with Crippen molar-refractivity contribution in [3.63, 3.8) is 0 Å². The predicted octanol–water partition coefficient (Wildman–Crippen LogP) is 0.644. The number of benzene rings is 1. The second-order valence-electron chi connectivity index (χ2n) is 6.43. The minimum atomic E-state index is -1.09. The van der Waals surface area contributed by atoms with Gasteiger partial charge in [-0.25, -0.2) is 0 Å². The zero-order valence-electron chi connectivity index (χ0n) is 15.1. The molecule has 8 heteroatoms. The maximum absolute atomic E-state index is 11.4. The fourth-order valence-corrected chi connectivity index (χ4v) is 3.24. The second kappa shape index (κ2) is 11.0. The van der Waals surface area contributed by atoms with E-state index in [0.29, 0.717) is 18.5 Å². The Bertz CT molecular complexity index is 569. The van der Waals surface area contributed by atoms with Crippen molar-refractivity contribution in [3.05, 3.63) is 23.8 Å². The molecule has 148 valence electrons. The number of aliphatic carboxylic acids is 1. The number of nitrogens with zero attached hydrogens (tertiary/aromatic N) is 1. The van der Waals surface area contributed by atoms with Crippen LogP contribution in [-0.2, 0) is 4.79 Å². The van der Waals surface area contributed by atoms with E-state index in [-0.39, 0.29) is 37.2 Å². The first-order chi connectivity index (χ1) is 12.4. The molecule has 0 spiro atoms. The molecule has 7 N–H and O–H groups in total. The Hall–Kier alpha value is -1.87. The number of phenols is 2. The average molecular weight is 370 g/mol. The fraction of sp³-hybridized carbons (Fsp3) is 0.611. The highest BCUT2D eigenvalue weighted by Crippen LogP contribution is 2.36. The van der Waals surface area contributed by atoms with E-state index in [1.54, 1.807) is 19.1 Å². The molecule has 0 aliphatic rings. The van der Waals surface area contributed by atoms with Gasteiger partial charge in [-0.2, -0.15) is 0 Å². The van der Waals surface area contributed by atoms with Gasteiger partial charge in [-0.05, 0) is 38.3 Å². The highest BCUT2D eigenvalue weighted by molar-refractivity contribution is 5.69. The summed E-state index contributed by atoms with van der Waals surface area (Å²) in [4.78, 5) is 12.9. The smallest absolute Gasteiger partial charge is 0.317 e. The van der Waals surface area contributed by atoms with E-state index >= 15 is 0 Å². The SMILES string of the molecule is CC(c1cccc(O)c1O)N(CC(=O)O)C(CO)C(CO)CCCCN. The number of aromatic hydroxyl groups is 2. The van der Waals surface area contributed by atoms with Crippen LogP contribution in [0.15, 0.2) is 18.2 Å². The monoisotopic (exact) mass is 370 g/mol. The lowest BCUT2D eigenvalue weighted by molar-refractivity contribution is -0.140. The lowest BCUT2D eigenvalue weighted by atomic mass is 9.91. The number of carbonyl (C=O) groups is 1. The summed E-state index contributed by atoms with van der Waals surface area (Å²) < 4.78 is 0. The van der Waals surface area contributed by atoms with Crippen molar-refractivity contribution in [2.75, 3.05) is 26.3 Å². The van der Waals surface area contributed by atoms with E-state index in [1.165, 1.54) is 11.0 Å². The molecule has 0 aromatic heterocycles. The molecule has 0 heterocycles. The maximum Gasteiger partial charge on any atom is 0.317 e. The quantitative estimate of drug-likeness (QED) is 0.232. The van der Waals surface area contributed by atoms with Crippen LogP contribution in [0.25, 0.3) is 0 Å². The molecule has 0 amide bonds. The van der Waals surface area contributed by atoms with Crippen LogP contribution in [0.4, 0.5) is 0 Å². The zero-order valence-corrected chi connectivity index (χ0v) is 15.1. The normalized spacial score (nSPS) is 15.0. The van der Waals surface area contributed by atoms with Crippen LogP contribution in [0.2, 0.25) is 0 Å². The number of phenolic OH excluding ortho intramolecular Hbond substituents is 2. The molecule has 0 saturated heterocycles. The number of aliphatic hydroxyl groups is 2. The minimum absolute atomic E-state index is 0.204. The van der Waals surface area contributed by atoms with Crippen LogP contribution in [0.5, 0.6) is 11.5 Å². The molecule has 26 heavy (non-hydrogen) atoms. The number of carboxylic acids is 1. The molecular formula is C18H30N2O6. The van der Waals surface area contributed by atoms with Crippen molar-refractivity contribution in [2.45, 2.75) is 38.3 Å². The summed E-state index contributed by atoms with van der Waals surface area (Å²) in [5.41, 5.74) is 5.84. The van der Waals surface area contributed by atoms with E-state index in [9.17, 15) is 30.3 Å². The molecule has 3 atom stereocenters. The van der Waals surface area contributed by atoms with Gasteiger partial charge in [0.2, 0.25) is 0 Å². The summed E-state index contributed by atoms with van der Waals surface area (Å²) in [6.45, 7) is 1.29. The van der Waals surface area contributed by atoms with Crippen molar-refractivity contribution in [2.24, 2.45) is 11.7 Å². The summed E-state index contributed by atoms with van der Waals surface area (Å²) in [5, 5.41) is 48.8. The molecule has 1 rings (SSSR count). The third kappa shape index (κ3) is 5.84. The van der Waals surface area contributed by atoms with E-state index in [0.717, 1.165) is 12.8 Å². The molecule has 0 saturated carbocycles. The Balaban J connectivity index is 3.15. The first-order valence-electron chi connectivity index (χ1n) is 8.77. The van der Waals surface area contributed by atoms with Gasteiger partial charge in [0.15, 0.2) is 11.5 Å². The van der Waals surface area contributed by atoms with Gasteiger partial charge in [0.25, 0.3) is 0 Å². The van der Waals surface area contributed by atoms with Gasteiger partial charge in [0.1, 0.15) is 0 Å². The van der Waals surface area contributed by atoms with E-state index in [1.807, 2.05) is 0 Å². The highest BCUT2D eigenvalue weighted by atomic mass is 16.4. The van der Waals surface area contributed by atoms with Crippen LogP contribution in [-0.4, -0.2) is 68.7 Å². The largest absolute Gasteiger partial charge is 0.504 e. The van der Waals surface area contributed by atoms with E-state index in [4.69, 9.17) is 5.73 Å². The lowest BCUT2D eigenvalue weighted by Crippen LogP contribution is -2.48.